The van der Waals surface area contributed by atoms with Gasteiger partial charge in [0.15, 0.2) is 0 Å². The predicted molar refractivity (Wildman–Crippen MR) is 81.0 cm³/mol. The molecule has 0 radical (unpaired) electrons. The molecule has 1 fully saturated rings. The van der Waals surface area contributed by atoms with E-state index in [2.05, 4.69) is 23.6 Å². The van der Waals surface area contributed by atoms with Gasteiger partial charge in [-0.1, -0.05) is 19.1 Å². The number of ether oxygens (including phenoxy) is 1. The van der Waals surface area contributed by atoms with E-state index in [-0.39, 0.29) is 6.03 Å². The Hall–Kier alpha value is -1.55. The number of amides is 2. The van der Waals surface area contributed by atoms with Gasteiger partial charge in [0, 0.05) is 25.4 Å². The Bertz CT molecular complexity index is 430. The predicted octanol–water partition coefficient (Wildman–Crippen LogP) is 3.19. The molecule has 4 heteroatoms. The van der Waals surface area contributed by atoms with Crippen LogP contribution in [0.25, 0.3) is 0 Å². The molecular weight excluding hydrogens is 252 g/mol. The van der Waals surface area contributed by atoms with Crippen molar-refractivity contribution in [3.63, 3.8) is 0 Å². The molecule has 0 atom stereocenters. The molecule has 4 nitrogen and oxygen atoms in total. The lowest BCUT2D eigenvalue weighted by Gasteiger charge is -2.09. The summed E-state index contributed by atoms with van der Waals surface area (Å²) in [4.78, 5) is 11.7. The topological polar surface area (TPSA) is 50.4 Å². The Labute approximate surface area is 120 Å². The van der Waals surface area contributed by atoms with Crippen molar-refractivity contribution in [3.05, 3.63) is 29.8 Å². The van der Waals surface area contributed by atoms with Crippen LogP contribution in [0.2, 0.25) is 0 Å². The third-order valence-electron chi connectivity index (χ3n) is 3.39. The number of carbonyl (C=O) groups is 1. The van der Waals surface area contributed by atoms with Crippen LogP contribution in [-0.4, -0.2) is 25.8 Å². The number of hydrogen-bond donors (Lipinski definition) is 2. The molecule has 0 saturated heterocycles. The zero-order valence-corrected chi connectivity index (χ0v) is 12.2. The number of urea groups is 1. The van der Waals surface area contributed by atoms with E-state index in [4.69, 9.17) is 4.74 Å². The van der Waals surface area contributed by atoms with Crippen LogP contribution in [0.1, 0.15) is 31.7 Å². The average Bonchev–Trinajstić information content (AvgIpc) is 3.27. The summed E-state index contributed by atoms with van der Waals surface area (Å²) in [5.74, 6) is 0.803. The molecular formula is C16H24N2O2. The van der Waals surface area contributed by atoms with Crippen LogP contribution >= 0.6 is 0 Å². The van der Waals surface area contributed by atoms with Gasteiger partial charge in [-0.15, -0.1) is 0 Å². The smallest absolute Gasteiger partial charge is 0.319 e. The standard InChI is InChI=1S/C16H24N2O2/c1-2-13-5-3-6-15(11-13)18-16(19)17-9-4-10-20-12-14-7-8-14/h3,5-6,11,14H,2,4,7-10,12H2,1H3,(H2,17,18,19). The highest BCUT2D eigenvalue weighted by Crippen LogP contribution is 2.28. The average molecular weight is 276 g/mol. The molecule has 0 bridgehead atoms. The quantitative estimate of drug-likeness (QED) is 0.716. The van der Waals surface area contributed by atoms with Crippen LogP contribution < -0.4 is 10.6 Å². The van der Waals surface area contributed by atoms with E-state index in [1.54, 1.807) is 0 Å². The third kappa shape index (κ3) is 5.61. The van der Waals surface area contributed by atoms with Gasteiger partial charge in [0.1, 0.15) is 0 Å². The number of nitrogens with one attached hydrogen (secondary N) is 2. The van der Waals surface area contributed by atoms with Crippen LogP contribution in [0.3, 0.4) is 0 Å². The lowest BCUT2D eigenvalue weighted by molar-refractivity contribution is 0.122. The molecule has 1 aromatic rings. The van der Waals surface area contributed by atoms with Crippen LogP contribution in [-0.2, 0) is 11.2 Å². The first-order chi connectivity index (χ1) is 9.78. The van der Waals surface area contributed by atoms with Gasteiger partial charge in [0.2, 0.25) is 0 Å². The molecule has 2 rings (SSSR count). The summed E-state index contributed by atoms with van der Waals surface area (Å²) in [5.41, 5.74) is 2.06. The van der Waals surface area contributed by atoms with Crippen molar-refractivity contribution in [1.82, 2.24) is 5.32 Å². The van der Waals surface area contributed by atoms with Crippen molar-refractivity contribution in [2.75, 3.05) is 25.1 Å². The number of aryl methyl sites for hydroxylation is 1. The monoisotopic (exact) mass is 276 g/mol. The summed E-state index contributed by atoms with van der Waals surface area (Å²) >= 11 is 0. The van der Waals surface area contributed by atoms with Gasteiger partial charge < -0.3 is 15.4 Å². The Morgan fingerprint density at radius 1 is 1.40 bits per heavy atom. The van der Waals surface area contributed by atoms with Crippen molar-refractivity contribution in [1.29, 1.82) is 0 Å². The molecule has 1 saturated carbocycles. The van der Waals surface area contributed by atoms with Crippen LogP contribution in [0.5, 0.6) is 0 Å². The zero-order valence-electron chi connectivity index (χ0n) is 12.2. The molecule has 0 unspecified atom stereocenters. The highest BCUT2D eigenvalue weighted by atomic mass is 16.5. The Balaban J connectivity index is 1.56. The maximum absolute atomic E-state index is 11.7. The summed E-state index contributed by atoms with van der Waals surface area (Å²) in [6.07, 6.45) is 4.46. The maximum atomic E-state index is 11.7. The normalized spacial score (nSPS) is 14.1. The molecule has 0 heterocycles. The summed E-state index contributed by atoms with van der Waals surface area (Å²) in [5, 5.41) is 5.69. The van der Waals surface area contributed by atoms with Crippen LogP contribution in [0.4, 0.5) is 10.5 Å². The number of benzene rings is 1. The van der Waals surface area contributed by atoms with Crippen molar-refractivity contribution >= 4 is 11.7 Å². The van der Waals surface area contributed by atoms with Gasteiger partial charge in [-0.25, -0.2) is 4.79 Å². The van der Waals surface area contributed by atoms with E-state index in [9.17, 15) is 4.79 Å². The number of anilines is 1. The first kappa shape index (κ1) is 14.9. The fourth-order valence-corrected chi connectivity index (χ4v) is 1.95. The van der Waals surface area contributed by atoms with Gasteiger partial charge in [-0.3, -0.25) is 0 Å². The molecule has 0 aliphatic heterocycles. The fraction of sp³-hybridized carbons (Fsp3) is 0.562. The van der Waals surface area contributed by atoms with Crippen molar-refractivity contribution in [2.45, 2.75) is 32.6 Å². The van der Waals surface area contributed by atoms with Gasteiger partial charge in [-0.2, -0.15) is 0 Å². The zero-order chi connectivity index (χ0) is 14.2. The van der Waals surface area contributed by atoms with Gasteiger partial charge in [-0.05, 0) is 49.3 Å². The molecule has 1 aromatic carbocycles. The second-order valence-corrected chi connectivity index (χ2v) is 5.31. The summed E-state index contributed by atoms with van der Waals surface area (Å²) in [6, 6.07) is 7.76. The first-order valence-corrected chi connectivity index (χ1v) is 7.49. The molecule has 1 aliphatic rings. The summed E-state index contributed by atoms with van der Waals surface area (Å²) < 4.78 is 5.52. The summed E-state index contributed by atoms with van der Waals surface area (Å²) in [6.45, 7) is 4.35. The maximum Gasteiger partial charge on any atom is 0.319 e. The molecule has 1 aliphatic carbocycles. The number of carbonyl (C=O) groups excluding carboxylic acids is 1. The van der Waals surface area contributed by atoms with Crippen LogP contribution in [0.15, 0.2) is 24.3 Å². The van der Waals surface area contributed by atoms with Gasteiger partial charge in [0.25, 0.3) is 0 Å². The molecule has 2 N–H and O–H groups in total. The van der Waals surface area contributed by atoms with E-state index in [1.165, 1.54) is 18.4 Å². The highest BCUT2D eigenvalue weighted by molar-refractivity contribution is 5.89. The van der Waals surface area contributed by atoms with Gasteiger partial charge in [0.05, 0.1) is 0 Å². The Morgan fingerprint density at radius 2 is 2.25 bits per heavy atom. The van der Waals surface area contributed by atoms with Crippen molar-refractivity contribution < 1.29 is 9.53 Å². The van der Waals surface area contributed by atoms with E-state index in [0.29, 0.717) is 6.54 Å². The van der Waals surface area contributed by atoms with E-state index in [0.717, 1.165) is 37.7 Å². The minimum Gasteiger partial charge on any atom is -0.381 e. The summed E-state index contributed by atoms with van der Waals surface area (Å²) in [7, 11) is 0. The van der Waals surface area contributed by atoms with Crippen molar-refractivity contribution in [2.24, 2.45) is 5.92 Å². The van der Waals surface area contributed by atoms with Crippen LogP contribution in [0, 0.1) is 5.92 Å². The van der Waals surface area contributed by atoms with Crippen molar-refractivity contribution in [3.8, 4) is 0 Å². The third-order valence-corrected chi connectivity index (χ3v) is 3.39. The minimum atomic E-state index is -0.152. The SMILES string of the molecule is CCc1cccc(NC(=O)NCCCOCC2CC2)c1. The number of rotatable bonds is 8. The lowest BCUT2D eigenvalue weighted by Crippen LogP contribution is -2.30. The molecule has 2 amide bonds. The second-order valence-electron chi connectivity index (χ2n) is 5.31. The molecule has 0 aromatic heterocycles. The number of hydrogen-bond acceptors (Lipinski definition) is 2. The molecule has 0 spiro atoms. The molecule has 110 valence electrons. The largest absolute Gasteiger partial charge is 0.381 e. The second kappa shape index (κ2) is 7.90. The van der Waals surface area contributed by atoms with E-state index >= 15 is 0 Å². The van der Waals surface area contributed by atoms with E-state index in [1.807, 2.05) is 18.2 Å². The lowest BCUT2D eigenvalue weighted by atomic mass is 10.1. The Kier molecular flexibility index (Phi) is 5.87. The molecule has 20 heavy (non-hydrogen) atoms. The van der Waals surface area contributed by atoms with Gasteiger partial charge >= 0.3 is 6.03 Å². The highest BCUT2D eigenvalue weighted by Gasteiger charge is 2.20. The van der Waals surface area contributed by atoms with E-state index < -0.39 is 0 Å². The Morgan fingerprint density at radius 3 is 3.00 bits per heavy atom. The fourth-order valence-electron chi connectivity index (χ4n) is 1.95. The first-order valence-electron chi connectivity index (χ1n) is 7.49. The minimum absolute atomic E-state index is 0.152.